The lowest BCUT2D eigenvalue weighted by Crippen LogP contribution is -2.41. The number of aromatic nitrogens is 4. The first-order chi connectivity index (χ1) is 29.1. The number of carbonyl (C=O) groups is 2. The maximum absolute atomic E-state index is 12.7. The lowest BCUT2D eigenvalue weighted by molar-refractivity contribution is 0.101. The highest BCUT2D eigenvalue weighted by Gasteiger charge is 2.28. The van der Waals surface area contributed by atoms with E-state index in [-0.39, 0.29) is 34.9 Å². The summed E-state index contributed by atoms with van der Waals surface area (Å²) < 4.78 is 0. The van der Waals surface area contributed by atoms with Crippen LogP contribution < -0.4 is 21.3 Å². The summed E-state index contributed by atoms with van der Waals surface area (Å²) in [5.74, 6) is 0.692. The standard InChI is InChI=1S/2C24H29N5O/c2*1-15-10-19(11-16(2)27-15)18-8-9-22(21(12-18)17-6-4-3-5-7-17)29-24(30)23-26-14-20(13-25)28-23/h2*6,8-9,12,14-16,19,27H,3-5,7,10-11H2,1-2H3,(H,26,28)(H,29,30)/t15-,16+,19?;15-,16-/m.0/s1. The number of nitrogens with one attached hydrogen (secondary N) is 6. The highest BCUT2D eigenvalue weighted by atomic mass is 16.2. The number of aromatic amines is 2. The first-order valence-electron chi connectivity index (χ1n) is 21.8. The third-order valence-electron chi connectivity index (χ3n) is 12.3. The number of H-pyrrole nitrogens is 2. The van der Waals surface area contributed by atoms with Gasteiger partial charge in [-0.1, -0.05) is 24.3 Å². The molecule has 2 aliphatic heterocycles. The molecule has 12 heteroatoms. The molecular weight excluding hydrogens is 749 g/mol. The van der Waals surface area contributed by atoms with Gasteiger partial charge in [-0.05, 0) is 163 Å². The molecule has 6 N–H and O–H groups in total. The summed E-state index contributed by atoms with van der Waals surface area (Å²) in [4.78, 5) is 39.0. The Kier molecular flexibility index (Phi) is 13.7. The number of hydrogen-bond acceptors (Lipinski definition) is 8. The van der Waals surface area contributed by atoms with Crippen LogP contribution in [0, 0.1) is 22.7 Å². The number of piperidine rings is 2. The Labute approximate surface area is 353 Å². The van der Waals surface area contributed by atoms with E-state index in [1.165, 1.54) is 60.4 Å². The quantitative estimate of drug-likeness (QED) is 0.102. The molecule has 2 aromatic heterocycles. The molecule has 0 spiro atoms. The van der Waals surface area contributed by atoms with Gasteiger partial charge in [-0.15, -0.1) is 0 Å². The van der Waals surface area contributed by atoms with Gasteiger partial charge in [-0.3, -0.25) is 9.59 Å². The van der Waals surface area contributed by atoms with Gasteiger partial charge in [0, 0.05) is 46.7 Å². The molecule has 2 aromatic carbocycles. The second-order valence-corrected chi connectivity index (χ2v) is 17.3. The van der Waals surface area contributed by atoms with Crippen LogP contribution in [0.1, 0.15) is 171 Å². The van der Waals surface area contributed by atoms with Crippen LogP contribution in [0.5, 0.6) is 0 Å². The predicted molar refractivity (Wildman–Crippen MR) is 236 cm³/mol. The average Bonchev–Trinajstić information content (AvgIpc) is 3.95. The van der Waals surface area contributed by atoms with Crippen LogP contribution in [0.15, 0.2) is 60.9 Å². The van der Waals surface area contributed by atoms with Crippen LogP contribution >= 0.6 is 0 Å². The molecule has 5 atom stereocenters. The summed E-state index contributed by atoms with van der Waals surface area (Å²) in [6, 6.07) is 18.9. The van der Waals surface area contributed by atoms with E-state index in [4.69, 9.17) is 10.5 Å². The molecule has 60 heavy (non-hydrogen) atoms. The number of anilines is 2. The highest BCUT2D eigenvalue weighted by molar-refractivity contribution is 6.04. The third-order valence-corrected chi connectivity index (χ3v) is 12.3. The van der Waals surface area contributed by atoms with Gasteiger partial charge in [0.15, 0.2) is 11.6 Å². The topological polar surface area (TPSA) is 187 Å². The second kappa shape index (κ2) is 19.5. The Morgan fingerprint density at radius 2 is 1.02 bits per heavy atom. The maximum atomic E-state index is 12.7. The van der Waals surface area contributed by atoms with Gasteiger partial charge in [0.05, 0.1) is 12.4 Å². The highest BCUT2D eigenvalue weighted by Crippen LogP contribution is 2.39. The minimum absolute atomic E-state index is 0.153. The summed E-state index contributed by atoms with van der Waals surface area (Å²) in [5.41, 5.74) is 9.72. The molecule has 2 saturated heterocycles. The Morgan fingerprint density at radius 3 is 1.35 bits per heavy atom. The summed E-state index contributed by atoms with van der Waals surface area (Å²) in [5, 5.41) is 31.2. The van der Waals surface area contributed by atoms with E-state index in [0.717, 1.165) is 73.9 Å². The smallest absolute Gasteiger partial charge is 0.291 e. The minimum Gasteiger partial charge on any atom is -0.326 e. The van der Waals surface area contributed by atoms with Crippen molar-refractivity contribution in [3.05, 3.63) is 106 Å². The molecule has 0 radical (unpaired) electrons. The van der Waals surface area contributed by atoms with E-state index < -0.39 is 0 Å². The molecule has 0 bridgehead atoms. The Bertz CT molecular complexity index is 2140. The molecule has 1 unspecified atom stereocenters. The first-order valence-corrected chi connectivity index (χ1v) is 21.8. The fraction of sp³-hybridized carbons (Fsp3) is 0.458. The van der Waals surface area contributed by atoms with Crippen molar-refractivity contribution in [1.82, 2.24) is 30.6 Å². The second-order valence-electron chi connectivity index (χ2n) is 17.3. The fourth-order valence-electron chi connectivity index (χ4n) is 9.58. The van der Waals surface area contributed by atoms with Crippen molar-refractivity contribution < 1.29 is 9.59 Å². The summed E-state index contributed by atoms with van der Waals surface area (Å²) in [7, 11) is 0. The fourth-order valence-corrected chi connectivity index (χ4v) is 9.58. The van der Waals surface area contributed by atoms with Crippen molar-refractivity contribution >= 4 is 34.3 Å². The number of allylic oxidation sites excluding steroid dienone is 4. The van der Waals surface area contributed by atoms with Gasteiger partial charge in [0.25, 0.3) is 11.8 Å². The number of amides is 2. The van der Waals surface area contributed by atoms with E-state index in [1.807, 2.05) is 24.3 Å². The van der Waals surface area contributed by atoms with Crippen molar-refractivity contribution in [3.63, 3.8) is 0 Å². The van der Waals surface area contributed by atoms with Gasteiger partial charge in [0.2, 0.25) is 0 Å². The summed E-state index contributed by atoms with van der Waals surface area (Å²) >= 11 is 0. The molecule has 2 aliphatic carbocycles. The molecule has 12 nitrogen and oxygen atoms in total. The van der Waals surface area contributed by atoms with Crippen molar-refractivity contribution in [1.29, 1.82) is 10.5 Å². The van der Waals surface area contributed by atoms with E-state index in [1.54, 1.807) is 0 Å². The molecule has 312 valence electrons. The third kappa shape index (κ3) is 10.5. The minimum atomic E-state index is -0.328. The molecule has 2 fully saturated rings. The number of rotatable bonds is 8. The zero-order valence-corrected chi connectivity index (χ0v) is 35.3. The maximum Gasteiger partial charge on any atom is 0.291 e. The largest absolute Gasteiger partial charge is 0.326 e. The lowest BCUT2D eigenvalue weighted by Gasteiger charge is -2.33. The normalized spacial score (nSPS) is 24.0. The average molecular weight is 807 g/mol. The molecule has 8 rings (SSSR count). The molecule has 4 aromatic rings. The number of nitrogens with zero attached hydrogens (tertiary/aromatic N) is 4. The van der Waals surface area contributed by atoms with E-state index in [0.29, 0.717) is 36.0 Å². The summed E-state index contributed by atoms with van der Waals surface area (Å²) in [6.07, 6.45) is 20.9. The van der Waals surface area contributed by atoms with E-state index >= 15 is 0 Å². The predicted octanol–water partition coefficient (Wildman–Crippen LogP) is 9.47. The van der Waals surface area contributed by atoms with Crippen LogP contribution in [0.2, 0.25) is 0 Å². The zero-order chi connectivity index (χ0) is 42.2. The van der Waals surface area contributed by atoms with Gasteiger partial charge in [-0.25, -0.2) is 9.97 Å². The molecule has 4 aliphatic rings. The number of carbonyl (C=O) groups excluding carboxylic acids is 2. The summed E-state index contributed by atoms with van der Waals surface area (Å²) in [6.45, 7) is 9.00. The van der Waals surface area contributed by atoms with Crippen LogP contribution in [0.4, 0.5) is 11.4 Å². The van der Waals surface area contributed by atoms with E-state index in [2.05, 4.69) is 105 Å². The zero-order valence-electron chi connectivity index (χ0n) is 35.3. The molecule has 2 amide bonds. The molecule has 0 saturated carbocycles. The molecule has 4 heterocycles. The van der Waals surface area contributed by atoms with Crippen molar-refractivity contribution in [2.45, 2.75) is 141 Å². The lowest BCUT2D eigenvalue weighted by atomic mass is 9.82. The van der Waals surface area contributed by atoms with Crippen molar-refractivity contribution in [2.24, 2.45) is 0 Å². The van der Waals surface area contributed by atoms with Gasteiger partial charge >= 0.3 is 0 Å². The van der Waals surface area contributed by atoms with Crippen LogP contribution in [-0.2, 0) is 0 Å². The van der Waals surface area contributed by atoms with Gasteiger partial charge in [0.1, 0.15) is 23.5 Å². The number of benzene rings is 2. The monoisotopic (exact) mass is 806 g/mol. The Balaban J connectivity index is 0.000000181. The SMILES string of the molecule is C[C@@H]1CC(c2ccc(NC(=O)c3ncc(C#N)[nH]3)c(C3=CCCCC3)c2)C[C@H](C)N1.C[C@H]1CC(c2ccc(NC(=O)c3ncc(C#N)[nH]3)c(C3=CCCCC3)c2)C[C@H](C)N1. The van der Waals surface area contributed by atoms with E-state index in [9.17, 15) is 9.59 Å². The molecular formula is C48H58N10O2. The number of imidazole rings is 2. The van der Waals surface area contributed by atoms with Gasteiger partial charge < -0.3 is 31.2 Å². The van der Waals surface area contributed by atoms with Crippen LogP contribution in [-0.4, -0.2) is 55.9 Å². The van der Waals surface area contributed by atoms with Crippen molar-refractivity contribution in [3.8, 4) is 12.1 Å². The number of hydrogen-bond donors (Lipinski definition) is 6. The Hall–Kier alpha value is -5.82. The van der Waals surface area contributed by atoms with Crippen LogP contribution in [0.3, 0.4) is 0 Å². The Morgan fingerprint density at radius 1 is 0.617 bits per heavy atom. The first kappa shape index (κ1) is 42.3. The van der Waals surface area contributed by atoms with Crippen molar-refractivity contribution in [2.75, 3.05) is 10.6 Å². The number of nitriles is 2. The van der Waals surface area contributed by atoms with Gasteiger partial charge in [-0.2, -0.15) is 10.5 Å². The van der Waals surface area contributed by atoms with Crippen LogP contribution in [0.25, 0.3) is 11.1 Å².